The van der Waals surface area contributed by atoms with Gasteiger partial charge in [-0.05, 0) is 6.42 Å². The van der Waals surface area contributed by atoms with Crippen LogP contribution in [0.4, 0.5) is 0 Å². The van der Waals surface area contributed by atoms with Crippen LogP contribution in [0.2, 0.25) is 0 Å². The van der Waals surface area contributed by atoms with Crippen molar-refractivity contribution in [1.29, 1.82) is 0 Å². The van der Waals surface area contributed by atoms with Crippen LogP contribution in [-0.2, 0) is 9.59 Å². The van der Waals surface area contributed by atoms with Crippen LogP contribution in [0.3, 0.4) is 0 Å². The Bertz CT molecular complexity index is 284. The van der Waals surface area contributed by atoms with Crippen molar-refractivity contribution in [2.75, 3.05) is 6.54 Å². The lowest BCUT2D eigenvalue weighted by molar-refractivity contribution is -0.137. The van der Waals surface area contributed by atoms with Gasteiger partial charge in [0.1, 0.15) is 0 Å². The smallest absolute Gasteiger partial charge is 0.256 e. The summed E-state index contributed by atoms with van der Waals surface area (Å²) < 4.78 is 0. The molecular weight excluding hydrogens is 202 g/mol. The van der Waals surface area contributed by atoms with E-state index in [1.165, 1.54) is 30.6 Å². The Balaban J connectivity index is 2.15. The van der Waals surface area contributed by atoms with E-state index < -0.39 is 0 Å². The summed E-state index contributed by atoms with van der Waals surface area (Å²) >= 11 is 0. The number of hydrogen-bond donors (Lipinski definition) is 0. The molecule has 1 saturated heterocycles. The Kier molecular flexibility index (Phi) is 5.23. The Morgan fingerprint density at radius 3 is 2.31 bits per heavy atom. The highest BCUT2D eigenvalue weighted by Crippen LogP contribution is 2.17. The molecule has 0 aromatic heterocycles. The third-order valence-corrected chi connectivity index (χ3v) is 2.95. The number of unbranched alkanes of at least 4 members (excludes halogenated alkanes) is 5. The number of carbonyl (C=O) groups excluding carboxylic acids is 2. The lowest BCUT2D eigenvalue weighted by Crippen LogP contribution is -2.30. The molecule has 0 spiro atoms. The number of carbonyl (C=O) groups is 2. The molecule has 1 aliphatic heterocycles. The van der Waals surface area contributed by atoms with E-state index >= 15 is 0 Å². The molecule has 0 saturated carbocycles. The molecule has 1 aliphatic rings. The molecule has 0 aliphatic carbocycles. The number of hydrogen-bond acceptors (Lipinski definition) is 2. The number of amides is 2. The van der Waals surface area contributed by atoms with Crippen LogP contribution in [-0.4, -0.2) is 23.3 Å². The van der Waals surface area contributed by atoms with E-state index in [0.717, 1.165) is 12.8 Å². The van der Waals surface area contributed by atoms with Crippen molar-refractivity contribution in [2.24, 2.45) is 0 Å². The maximum absolute atomic E-state index is 11.5. The number of likely N-dealkylation sites (tertiary alicyclic amines) is 1. The van der Waals surface area contributed by atoms with Gasteiger partial charge in [0.15, 0.2) is 0 Å². The zero-order chi connectivity index (χ0) is 12.0. The minimum atomic E-state index is -0.168. The monoisotopic (exact) mass is 223 g/mol. The van der Waals surface area contributed by atoms with Crippen LogP contribution < -0.4 is 0 Å². The normalized spacial score (nSPS) is 16.3. The molecule has 3 heteroatoms. The summed E-state index contributed by atoms with van der Waals surface area (Å²) in [6.45, 7) is 6.35. The number of nitrogens with zero attached hydrogens (tertiary/aromatic N) is 1. The summed E-state index contributed by atoms with van der Waals surface area (Å²) in [6, 6.07) is 0. The van der Waals surface area contributed by atoms with Gasteiger partial charge in [-0.15, -0.1) is 0 Å². The Morgan fingerprint density at radius 2 is 1.75 bits per heavy atom. The summed E-state index contributed by atoms with van der Waals surface area (Å²) in [6.07, 6.45) is 7.21. The summed E-state index contributed by atoms with van der Waals surface area (Å²) in [5, 5.41) is 0. The quantitative estimate of drug-likeness (QED) is 0.378. The van der Waals surface area contributed by atoms with Gasteiger partial charge in [0, 0.05) is 12.1 Å². The van der Waals surface area contributed by atoms with Gasteiger partial charge in [-0.2, -0.15) is 0 Å². The zero-order valence-electron chi connectivity index (χ0n) is 10.1. The predicted octanol–water partition coefficient (Wildman–Crippen LogP) is 2.66. The maximum atomic E-state index is 11.5. The molecule has 2 amide bonds. The zero-order valence-corrected chi connectivity index (χ0v) is 10.1. The Morgan fingerprint density at radius 1 is 1.12 bits per heavy atom. The van der Waals surface area contributed by atoms with Gasteiger partial charge in [0.05, 0.1) is 6.42 Å². The standard InChI is InChI=1S/C13H21NO2/c1-3-4-5-6-7-8-9-14-12(15)10-11(2)13(14)16/h2-10H2,1H3. The fourth-order valence-corrected chi connectivity index (χ4v) is 1.93. The lowest BCUT2D eigenvalue weighted by Gasteiger charge is -2.12. The minimum absolute atomic E-state index is 0.0800. The van der Waals surface area contributed by atoms with Crippen LogP contribution in [0.1, 0.15) is 51.9 Å². The lowest BCUT2D eigenvalue weighted by atomic mass is 10.1. The van der Waals surface area contributed by atoms with Gasteiger partial charge >= 0.3 is 0 Å². The van der Waals surface area contributed by atoms with Gasteiger partial charge in [-0.1, -0.05) is 45.6 Å². The van der Waals surface area contributed by atoms with Gasteiger partial charge in [0.25, 0.3) is 5.91 Å². The van der Waals surface area contributed by atoms with Crippen molar-refractivity contribution >= 4 is 11.8 Å². The van der Waals surface area contributed by atoms with Crippen LogP contribution in [0.25, 0.3) is 0 Å². The van der Waals surface area contributed by atoms with Crippen molar-refractivity contribution in [3.63, 3.8) is 0 Å². The SMILES string of the molecule is C=C1CC(=O)N(CCCCCCCC)C1=O. The highest BCUT2D eigenvalue weighted by molar-refractivity contribution is 6.12. The predicted molar refractivity (Wildman–Crippen MR) is 63.9 cm³/mol. The van der Waals surface area contributed by atoms with Gasteiger partial charge < -0.3 is 0 Å². The molecule has 0 aromatic carbocycles. The molecule has 16 heavy (non-hydrogen) atoms. The molecular formula is C13H21NO2. The molecule has 1 heterocycles. The minimum Gasteiger partial charge on any atom is -0.279 e. The number of imide groups is 1. The highest BCUT2D eigenvalue weighted by Gasteiger charge is 2.31. The molecule has 1 rings (SSSR count). The summed E-state index contributed by atoms with van der Waals surface area (Å²) in [5.74, 6) is -0.248. The van der Waals surface area contributed by atoms with Gasteiger partial charge in [-0.3, -0.25) is 14.5 Å². The van der Waals surface area contributed by atoms with Crippen molar-refractivity contribution in [3.8, 4) is 0 Å². The Labute approximate surface area is 97.5 Å². The average molecular weight is 223 g/mol. The molecule has 1 fully saturated rings. The van der Waals surface area contributed by atoms with Crippen molar-refractivity contribution < 1.29 is 9.59 Å². The van der Waals surface area contributed by atoms with Gasteiger partial charge in [0.2, 0.25) is 5.91 Å². The topological polar surface area (TPSA) is 37.4 Å². The molecule has 0 radical (unpaired) electrons. The highest BCUT2D eigenvalue weighted by atomic mass is 16.2. The first kappa shape index (κ1) is 12.9. The molecule has 0 bridgehead atoms. The molecule has 0 atom stereocenters. The van der Waals surface area contributed by atoms with E-state index in [2.05, 4.69) is 13.5 Å². The molecule has 0 aromatic rings. The van der Waals surface area contributed by atoms with Crippen LogP contribution in [0.15, 0.2) is 12.2 Å². The van der Waals surface area contributed by atoms with E-state index in [0.29, 0.717) is 12.1 Å². The maximum Gasteiger partial charge on any atom is 0.256 e. The van der Waals surface area contributed by atoms with Crippen molar-refractivity contribution in [2.45, 2.75) is 51.9 Å². The van der Waals surface area contributed by atoms with E-state index in [1.807, 2.05) is 0 Å². The van der Waals surface area contributed by atoms with E-state index in [4.69, 9.17) is 0 Å². The van der Waals surface area contributed by atoms with Gasteiger partial charge in [-0.25, -0.2) is 0 Å². The molecule has 0 N–H and O–H groups in total. The number of rotatable bonds is 7. The summed E-state index contributed by atoms with van der Waals surface area (Å²) in [7, 11) is 0. The van der Waals surface area contributed by atoms with Crippen molar-refractivity contribution in [1.82, 2.24) is 4.90 Å². The van der Waals surface area contributed by atoms with E-state index in [1.54, 1.807) is 0 Å². The first-order valence-corrected chi connectivity index (χ1v) is 6.19. The second-order valence-electron chi connectivity index (χ2n) is 4.40. The van der Waals surface area contributed by atoms with Crippen molar-refractivity contribution in [3.05, 3.63) is 12.2 Å². The Hall–Kier alpha value is -1.12. The van der Waals surface area contributed by atoms with Crippen LogP contribution in [0, 0.1) is 0 Å². The second-order valence-corrected chi connectivity index (χ2v) is 4.40. The van der Waals surface area contributed by atoms with Crippen LogP contribution >= 0.6 is 0 Å². The first-order valence-electron chi connectivity index (χ1n) is 6.19. The molecule has 90 valence electrons. The van der Waals surface area contributed by atoms with E-state index in [-0.39, 0.29) is 18.2 Å². The fraction of sp³-hybridized carbons (Fsp3) is 0.692. The summed E-state index contributed by atoms with van der Waals surface area (Å²) in [4.78, 5) is 24.2. The second kappa shape index (κ2) is 6.46. The third kappa shape index (κ3) is 3.47. The van der Waals surface area contributed by atoms with Crippen LogP contribution in [0.5, 0.6) is 0 Å². The largest absolute Gasteiger partial charge is 0.279 e. The fourth-order valence-electron chi connectivity index (χ4n) is 1.93. The first-order chi connectivity index (χ1) is 7.66. The molecule has 3 nitrogen and oxygen atoms in total. The average Bonchev–Trinajstić information content (AvgIpc) is 2.49. The summed E-state index contributed by atoms with van der Waals surface area (Å²) in [5.41, 5.74) is 0.441. The molecule has 0 unspecified atom stereocenters. The van der Waals surface area contributed by atoms with E-state index in [9.17, 15) is 9.59 Å². The third-order valence-electron chi connectivity index (χ3n) is 2.95.